The van der Waals surface area contributed by atoms with Crippen LogP contribution in [0.1, 0.15) is 43.6 Å². The molecule has 0 saturated heterocycles. The van der Waals surface area contributed by atoms with E-state index in [9.17, 15) is 34.8 Å². The maximum Gasteiger partial charge on any atom is 0.426 e. The molecule has 0 aliphatic heterocycles. The standard InChI is InChI=1S/C15H16F6O3S2/c16-13(14(17,18)19)15(20,21)26(22,23)24-25-12-8-6-11(7-9-12)10-4-2-1-3-5-10/h6-10,13H,1-5H2. The number of hydrogen-bond donors (Lipinski definition) is 0. The third-order valence-electron chi connectivity index (χ3n) is 4.09. The van der Waals surface area contributed by atoms with E-state index in [0.717, 1.165) is 37.7 Å². The van der Waals surface area contributed by atoms with Gasteiger partial charge in [-0.3, -0.25) is 0 Å². The lowest BCUT2D eigenvalue weighted by Crippen LogP contribution is -2.47. The molecule has 1 aromatic rings. The number of halogens is 6. The first-order chi connectivity index (χ1) is 11.9. The smallest absolute Gasteiger partial charge is 0.229 e. The summed E-state index contributed by atoms with van der Waals surface area (Å²) in [6.07, 6.45) is -5.53. The molecule has 0 heterocycles. The fourth-order valence-electron chi connectivity index (χ4n) is 2.68. The maximum absolute atomic E-state index is 13.3. The van der Waals surface area contributed by atoms with Crippen molar-refractivity contribution in [2.24, 2.45) is 0 Å². The summed E-state index contributed by atoms with van der Waals surface area (Å²) in [5, 5.41) is -5.75. The fourth-order valence-corrected chi connectivity index (χ4v) is 4.35. The minimum absolute atomic E-state index is 0.0643. The molecular formula is C15H16F6O3S2. The number of alkyl halides is 6. The maximum atomic E-state index is 13.3. The molecule has 148 valence electrons. The molecule has 1 fully saturated rings. The molecule has 0 amide bonds. The second kappa shape index (κ2) is 7.97. The third-order valence-corrected chi connectivity index (χ3v) is 6.42. The van der Waals surface area contributed by atoms with Crippen LogP contribution in [0.15, 0.2) is 29.2 Å². The number of rotatable bonds is 6. The second-order valence-electron chi connectivity index (χ2n) is 5.98. The highest BCUT2D eigenvalue weighted by atomic mass is 32.3. The molecule has 0 radical (unpaired) electrons. The third kappa shape index (κ3) is 4.86. The van der Waals surface area contributed by atoms with Crippen molar-refractivity contribution in [3.8, 4) is 0 Å². The summed E-state index contributed by atoms with van der Waals surface area (Å²) in [5.41, 5.74) is 1.00. The van der Waals surface area contributed by atoms with E-state index in [1.54, 1.807) is 12.1 Å². The number of hydrogen-bond acceptors (Lipinski definition) is 4. The Bertz CT molecular complexity index is 697. The van der Waals surface area contributed by atoms with Gasteiger partial charge in [0.25, 0.3) is 6.17 Å². The Morgan fingerprint density at radius 3 is 2.04 bits per heavy atom. The Labute approximate surface area is 151 Å². The van der Waals surface area contributed by atoms with Gasteiger partial charge in [-0.05, 0) is 36.5 Å². The van der Waals surface area contributed by atoms with Crippen molar-refractivity contribution in [2.45, 2.75) is 60.5 Å². The van der Waals surface area contributed by atoms with Crippen LogP contribution in [0.5, 0.6) is 0 Å². The van der Waals surface area contributed by atoms with Gasteiger partial charge in [0, 0.05) is 16.9 Å². The second-order valence-corrected chi connectivity index (χ2v) is 8.61. The summed E-state index contributed by atoms with van der Waals surface area (Å²) < 4.78 is 102. The van der Waals surface area contributed by atoms with Gasteiger partial charge in [-0.15, -0.1) is 0 Å². The highest BCUT2D eigenvalue weighted by molar-refractivity contribution is 8.04. The molecule has 26 heavy (non-hydrogen) atoms. The van der Waals surface area contributed by atoms with E-state index in [2.05, 4.69) is 3.63 Å². The van der Waals surface area contributed by atoms with E-state index in [1.165, 1.54) is 12.1 Å². The van der Waals surface area contributed by atoms with Crippen molar-refractivity contribution >= 4 is 22.2 Å². The Kier molecular flexibility index (Phi) is 6.55. The molecule has 0 bridgehead atoms. The first-order valence-electron chi connectivity index (χ1n) is 7.74. The molecule has 1 unspecified atom stereocenters. The molecule has 1 aliphatic rings. The normalized spacial score (nSPS) is 18.7. The van der Waals surface area contributed by atoms with Crippen LogP contribution in [0.4, 0.5) is 26.3 Å². The van der Waals surface area contributed by atoms with Gasteiger partial charge in [-0.2, -0.15) is 34.0 Å². The summed E-state index contributed by atoms with van der Waals surface area (Å²) in [4.78, 5) is 0.0892. The first-order valence-corrected chi connectivity index (χ1v) is 9.89. The lowest BCUT2D eigenvalue weighted by atomic mass is 9.84. The van der Waals surface area contributed by atoms with Crippen molar-refractivity contribution in [1.82, 2.24) is 0 Å². The van der Waals surface area contributed by atoms with Gasteiger partial charge in [0.05, 0.1) is 0 Å². The summed E-state index contributed by atoms with van der Waals surface area (Å²) >= 11 is -0.0643. The van der Waals surface area contributed by atoms with E-state index in [0.29, 0.717) is 5.92 Å². The predicted octanol–water partition coefficient (Wildman–Crippen LogP) is 5.58. The molecular weight excluding hydrogens is 406 g/mol. The topological polar surface area (TPSA) is 43.4 Å². The highest BCUT2D eigenvalue weighted by Gasteiger charge is 2.65. The molecule has 3 nitrogen and oxygen atoms in total. The van der Waals surface area contributed by atoms with Crippen molar-refractivity contribution in [3.05, 3.63) is 29.8 Å². The monoisotopic (exact) mass is 422 g/mol. The molecule has 0 N–H and O–H groups in total. The zero-order valence-corrected chi connectivity index (χ0v) is 14.9. The van der Waals surface area contributed by atoms with Crippen LogP contribution < -0.4 is 0 Å². The minimum Gasteiger partial charge on any atom is -0.229 e. The van der Waals surface area contributed by atoms with Crippen LogP contribution in [0.3, 0.4) is 0 Å². The van der Waals surface area contributed by atoms with Crippen LogP contribution in [-0.2, 0) is 13.7 Å². The molecule has 0 aromatic heterocycles. The van der Waals surface area contributed by atoms with Gasteiger partial charge >= 0.3 is 21.5 Å². The lowest BCUT2D eigenvalue weighted by molar-refractivity contribution is -0.222. The lowest BCUT2D eigenvalue weighted by Gasteiger charge is -2.22. The zero-order chi connectivity index (χ0) is 19.6. The first kappa shape index (κ1) is 21.4. The van der Waals surface area contributed by atoms with Crippen molar-refractivity contribution < 1.29 is 38.4 Å². The average molecular weight is 422 g/mol. The zero-order valence-electron chi connectivity index (χ0n) is 13.3. The van der Waals surface area contributed by atoms with Crippen LogP contribution >= 0.6 is 12.0 Å². The van der Waals surface area contributed by atoms with Crippen molar-refractivity contribution in [3.63, 3.8) is 0 Å². The Hall–Kier alpha value is -0.940. The van der Waals surface area contributed by atoms with Gasteiger partial charge < -0.3 is 0 Å². The summed E-state index contributed by atoms with van der Waals surface area (Å²) in [6, 6.07) is 6.19. The summed E-state index contributed by atoms with van der Waals surface area (Å²) in [7, 11) is -6.14. The molecule has 2 rings (SSSR count). The van der Waals surface area contributed by atoms with Crippen LogP contribution in [-0.4, -0.2) is 26.0 Å². The van der Waals surface area contributed by atoms with Gasteiger partial charge in [0.15, 0.2) is 0 Å². The van der Waals surface area contributed by atoms with Crippen LogP contribution in [0, 0.1) is 0 Å². The van der Waals surface area contributed by atoms with E-state index in [4.69, 9.17) is 0 Å². The molecule has 1 atom stereocenters. The predicted molar refractivity (Wildman–Crippen MR) is 84.0 cm³/mol. The Morgan fingerprint density at radius 1 is 1.00 bits per heavy atom. The van der Waals surface area contributed by atoms with Crippen molar-refractivity contribution in [1.29, 1.82) is 0 Å². The Balaban J connectivity index is 2.02. The van der Waals surface area contributed by atoms with Crippen LogP contribution in [0.25, 0.3) is 0 Å². The quantitative estimate of drug-likeness (QED) is 0.443. The SMILES string of the molecule is O=S(=O)(OSc1ccc(C2CCCCC2)cc1)C(F)(F)C(F)C(F)(F)F. The summed E-state index contributed by atoms with van der Waals surface area (Å²) in [6.45, 7) is 0. The van der Waals surface area contributed by atoms with E-state index < -0.39 is 27.7 Å². The number of benzene rings is 1. The Morgan fingerprint density at radius 2 is 1.54 bits per heavy atom. The largest absolute Gasteiger partial charge is 0.426 e. The fraction of sp³-hybridized carbons (Fsp3) is 0.600. The molecule has 1 saturated carbocycles. The van der Waals surface area contributed by atoms with Crippen molar-refractivity contribution in [2.75, 3.05) is 0 Å². The molecule has 11 heteroatoms. The average Bonchev–Trinajstić information content (AvgIpc) is 2.59. The highest BCUT2D eigenvalue weighted by Crippen LogP contribution is 2.41. The van der Waals surface area contributed by atoms with Gasteiger partial charge in [0.2, 0.25) is 0 Å². The molecule has 1 aromatic carbocycles. The molecule has 1 aliphatic carbocycles. The van der Waals surface area contributed by atoms with Gasteiger partial charge in [0.1, 0.15) is 0 Å². The van der Waals surface area contributed by atoms with E-state index in [-0.39, 0.29) is 16.9 Å². The van der Waals surface area contributed by atoms with E-state index >= 15 is 0 Å². The van der Waals surface area contributed by atoms with Gasteiger partial charge in [-0.25, -0.2) is 4.39 Å². The van der Waals surface area contributed by atoms with Crippen LogP contribution in [0.2, 0.25) is 0 Å². The summed E-state index contributed by atoms with van der Waals surface area (Å²) in [5.74, 6) is 0.357. The van der Waals surface area contributed by atoms with Gasteiger partial charge in [-0.1, -0.05) is 31.4 Å². The van der Waals surface area contributed by atoms with E-state index in [1.807, 2.05) is 0 Å². The molecule has 0 spiro atoms. The minimum atomic E-state index is -6.14.